The molecular weight excluding hydrogens is 276 g/mol. The Balaban J connectivity index is 0.00000200. The molecule has 0 spiro atoms. The van der Waals surface area contributed by atoms with E-state index in [4.69, 9.17) is 15.9 Å². The lowest BCUT2D eigenvalue weighted by atomic mass is 10.2. The highest BCUT2D eigenvalue weighted by Crippen LogP contribution is 2.09. The zero-order chi connectivity index (χ0) is 13.5. The summed E-state index contributed by atoms with van der Waals surface area (Å²) in [7, 11) is 0. The summed E-state index contributed by atoms with van der Waals surface area (Å²) in [5, 5.41) is 10.7. The highest BCUT2D eigenvalue weighted by molar-refractivity contribution is 5.95. The molecule has 0 amide bonds. The summed E-state index contributed by atoms with van der Waals surface area (Å²) in [5.41, 5.74) is 7.25. The second kappa shape index (κ2) is 8.79. The first-order valence-corrected chi connectivity index (χ1v) is 6.74. The van der Waals surface area contributed by atoms with Crippen LogP contribution in [-0.4, -0.2) is 50.1 Å². The van der Waals surface area contributed by atoms with Crippen LogP contribution in [0, 0.1) is 5.41 Å². The molecule has 6 heteroatoms. The Morgan fingerprint density at radius 3 is 2.50 bits per heavy atom. The topological polar surface area (TPSA) is 74.4 Å². The van der Waals surface area contributed by atoms with Crippen LogP contribution < -0.4 is 11.1 Å². The number of nitrogens with two attached hydrogens (primary N) is 1. The molecule has 0 saturated carbocycles. The van der Waals surface area contributed by atoms with Crippen molar-refractivity contribution < 1.29 is 4.74 Å². The van der Waals surface area contributed by atoms with E-state index < -0.39 is 0 Å². The van der Waals surface area contributed by atoms with Crippen LogP contribution in [0.4, 0.5) is 5.69 Å². The number of nitrogens with one attached hydrogen (secondary N) is 2. The summed E-state index contributed by atoms with van der Waals surface area (Å²) < 4.78 is 5.32. The molecule has 0 radical (unpaired) electrons. The minimum absolute atomic E-state index is 0. The number of halogens is 1. The summed E-state index contributed by atoms with van der Waals surface area (Å²) >= 11 is 0. The molecule has 0 aliphatic carbocycles. The van der Waals surface area contributed by atoms with Gasteiger partial charge in [0.2, 0.25) is 0 Å². The number of nitrogens with zero attached hydrogens (tertiary/aromatic N) is 1. The van der Waals surface area contributed by atoms with E-state index >= 15 is 0 Å². The number of nitrogen functional groups attached to an aromatic ring is 1. The van der Waals surface area contributed by atoms with E-state index in [1.54, 1.807) is 0 Å². The maximum atomic E-state index is 7.33. The molecule has 20 heavy (non-hydrogen) atoms. The normalized spacial score (nSPS) is 15.4. The van der Waals surface area contributed by atoms with Gasteiger partial charge < -0.3 is 15.8 Å². The molecule has 5 nitrogen and oxygen atoms in total. The van der Waals surface area contributed by atoms with E-state index in [0.29, 0.717) is 0 Å². The van der Waals surface area contributed by atoms with Gasteiger partial charge in [0.15, 0.2) is 0 Å². The van der Waals surface area contributed by atoms with Gasteiger partial charge in [0.1, 0.15) is 5.84 Å². The molecule has 1 aliphatic rings. The van der Waals surface area contributed by atoms with Crippen LogP contribution in [0.1, 0.15) is 12.0 Å². The van der Waals surface area contributed by atoms with Crippen LogP contribution in [0.2, 0.25) is 0 Å². The Bertz CT molecular complexity index is 404. The second-order valence-electron chi connectivity index (χ2n) is 4.73. The Hall–Kier alpha value is -1.30. The van der Waals surface area contributed by atoms with Crippen molar-refractivity contribution in [2.24, 2.45) is 5.73 Å². The van der Waals surface area contributed by atoms with E-state index in [0.717, 1.165) is 57.1 Å². The maximum absolute atomic E-state index is 7.33. The van der Waals surface area contributed by atoms with Gasteiger partial charge in [0.05, 0.1) is 13.2 Å². The number of ether oxygens (including phenoxy) is 1. The Morgan fingerprint density at radius 2 is 1.90 bits per heavy atom. The standard InChI is InChI=1S/C14H22N4O.ClH/c15-14(16)12-2-4-13(5-3-12)17-6-1-7-18-8-10-19-11-9-18;/h2-5,17H,1,6-11H2,(H3,15,16);1H. The van der Waals surface area contributed by atoms with Crippen LogP contribution in [-0.2, 0) is 4.74 Å². The van der Waals surface area contributed by atoms with Crippen molar-refractivity contribution in [3.05, 3.63) is 29.8 Å². The number of benzene rings is 1. The van der Waals surface area contributed by atoms with E-state index in [1.165, 1.54) is 0 Å². The second-order valence-corrected chi connectivity index (χ2v) is 4.73. The van der Waals surface area contributed by atoms with Crippen LogP contribution in [0.25, 0.3) is 0 Å². The molecule has 0 aromatic heterocycles. The zero-order valence-corrected chi connectivity index (χ0v) is 12.4. The predicted octanol–water partition coefficient (Wildman–Crippen LogP) is 1.53. The quantitative estimate of drug-likeness (QED) is 0.423. The van der Waals surface area contributed by atoms with Gasteiger partial charge in [-0.25, -0.2) is 0 Å². The highest BCUT2D eigenvalue weighted by atomic mass is 35.5. The first kappa shape index (κ1) is 16.8. The first-order chi connectivity index (χ1) is 9.25. The number of amidine groups is 1. The predicted molar refractivity (Wildman–Crippen MR) is 85.1 cm³/mol. The molecule has 1 aromatic rings. The van der Waals surface area contributed by atoms with Crippen molar-refractivity contribution in [3.8, 4) is 0 Å². The van der Waals surface area contributed by atoms with Gasteiger partial charge in [0.25, 0.3) is 0 Å². The van der Waals surface area contributed by atoms with Gasteiger partial charge >= 0.3 is 0 Å². The minimum Gasteiger partial charge on any atom is -0.385 e. The fourth-order valence-electron chi connectivity index (χ4n) is 2.13. The van der Waals surface area contributed by atoms with Gasteiger partial charge in [-0.05, 0) is 37.2 Å². The number of rotatable bonds is 6. The zero-order valence-electron chi connectivity index (χ0n) is 11.6. The van der Waals surface area contributed by atoms with E-state index in [1.807, 2.05) is 24.3 Å². The van der Waals surface area contributed by atoms with Crippen LogP contribution in [0.3, 0.4) is 0 Å². The Morgan fingerprint density at radius 1 is 1.25 bits per heavy atom. The van der Waals surface area contributed by atoms with Gasteiger partial charge in [-0.15, -0.1) is 12.4 Å². The van der Waals surface area contributed by atoms with Gasteiger partial charge in [0, 0.05) is 30.9 Å². The van der Waals surface area contributed by atoms with E-state index in [9.17, 15) is 0 Å². The van der Waals surface area contributed by atoms with E-state index in [-0.39, 0.29) is 18.2 Å². The first-order valence-electron chi connectivity index (χ1n) is 6.74. The third-order valence-corrected chi connectivity index (χ3v) is 3.28. The van der Waals surface area contributed by atoms with Crippen molar-refractivity contribution in [1.82, 2.24) is 4.90 Å². The van der Waals surface area contributed by atoms with Crippen LogP contribution in [0.15, 0.2) is 24.3 Å². The fourth-order valence-corrected chi connectivity index (χ4v) is 2.13. The molecule has 1 saturated heterocycles. The number of hydrogen-bond donors (Lipinski definition) is 3. The largest absolute Gasteiger partial charge is 0.385 e. The summed E-state index contributed by atoms with van der Waals surface area (Å²) in [6.07, 6.45) is 1.12. The fraction of sp³-hybridized carbons (Fsp3) is 0.500. The molecule has 0 atom stereocenters. The van der Waals surface area contributed by atoms with Crippen molar-refractivity contribution in [1.29, 1.82) is 5.41 Å². The molecule has 112 valence electrons. The highest BCUT2D eigenvalue weighted by Gasteiger charge is 2.08. The lowest BCUT2D eigenvalue weighted by Crippen LogP contribution is -2.37. The Labute approximate surface area is 126 Å². The molecule has 4 N–H and O–H groups in total. The number of morpholine rings is 1. The SMILES string of the molecule is Cl.N=C(N)c1ccc(NCCCN2CCOCC2)cc1. The minimum atomic E-state index is 0. The maximum Gasteiger partial charge on any atom is 0.122 e. The average molecular weight is 299 g/mol. The molecule has 1 aromatic carbocycles. The summed E-state index contributed by atoms with van der Waals surface area (Å²) in [6, 6.07) is 7.66. The number of hydrogen-bond acceptors (Lipinski definition) is 4. The van der Waals surface area contributed by atoms with Crippen molar-refractivity contribution >= 4 is 23.9 Å². The Kier molecular flexibility index (Phi) is 7.36. The molecule has 0 unspecified atom stereocenters. The lowest BCUT2D eigenvalue weighted by Gasteiger charge is -2.26. The summed E-state index contributed by atoms with van der Waals surface area (Å²) in [5.74, 6) is 0.110. The number of anilines is 1. The molecule has 2 rings (SSSR count). The molecular formula is C14H23ClN4O. The summed E-state index contributed by atoms with van der Waals surface area (Å²) in [4.78, 5) is 2.43. The van der Waals surface area contributed by atoms with E-state index in [2.05, 4.69) is 10.2 Å². The third-order valence-electron chi connectivity index (χ3n) is 3.28. The molecule has 1 fully saturated rings. The summed E-state index contributed by atoms with van der Waals surface area (Å²) in [6.45, 7) is 5.89. The third kappa shape index (κ3) is 5.36. The van der Waals surface area contributed by atoms with Gasteiger partial charge in [-0.3, -0.25) is 10.3 Å². The molecule has 1 heterocycles. The van der Waals surface area contributed by atoms with Crippen LogP contribution in [0.5, 0.6) is 0 Å². The van der Waals surface area contributed by atoms with Gasteiger partial charge in [-0.1, -0.05) is 0 Å². The van der Waals surface area contributed by atoms with Gasteiger partial charge in [-0.2, -0.15) is 0 Å². The molecule has 1 aliphatic heterocycles. The average Bonchev–Trinajstić information content (AvgIpc) is 2.45. The monoisotopic (exact) mass is 298 g/mol. The lowest BCUT2D eigenvalue weighted by molar-refractivity contribution is 0.0378. The smallest absolute Gasteiger partial charge is 0.122 e. The molecule has 0 bridgehead atoms. The van der Waals surface area contributed by atoms with Crippen molar-refractivity contribution in [3.63, 3.8) is 0 Å². The van der Waals surface area contributed by atoms with Crippen molar-refractivity contribution in [2.45, 2.75) is 6.42 Å². The van der Waals surface area contributed by atoms with Crippen LogP contribution >= 0.6 is 12.4 Å². The van der Waals surface area contributed by atoms with Crippen molar-refractivity contribution in [2.75, 3.05) is 44.7 Å².